The molecular formula is C13H16F3NO3S. The second-order valence-corrected chi connectivity index (χ2v) is 7.11. The molecule has 8 heteroatoms. The molecule has 1 aliphatic rings. The summed E-state index contributed by atoms with van der Waals surface area (Å²) in [5.74, 6) is -0.736. The van der Waals surface area contributed by atoms with Crippen LogP contribution >= 0.6 is 0 Å². The van der Waals surface area contributed by atoms with E-state index in [4.69, 9.17) is 0 Å². The Hall–Kier alpha value is -1.12. The predicted molar refractivity (Wildman–Crippen MR) is 70.5 cm³/mol. The summed E-state index contributed by atoms with van der Waals surface area (Å²) in [7, 11) is -4.21. The first kappa shape index (κ1) is 16.3. The van der Waals surface area contributed by atoms with Crippen molar-refractivity contribution in [3.05, 3.63) is 29.8 Å². The average molecular weight is 323 g/mol. The van der Waals surface area contributed by atoms with Gasteiger partial charge in [-0.25, -0.2) is 8.42 Å². The van der Waals surface area contributed by atoms with Gasteiger partial charge in [-0.05, 0) is 25.0 Å². The smallest absolute Gasteiger partial charge is 0.391 e. The molecule has 1 aromatic rings. The third-order valence-corrected chi connectivity index (χ3v) is 5.01. The highest BCUT2D eigenvalue weighted by Crippen LogP contribution is 2.34. The van der Waals surface area contributed by atoms with Gasteiger partial charge in [0.05, 0.1) is 22.3 Å². The monoisotopic (exact) mass is 323 g/mol. The summed E-state index contributed by atoms with van der Waals surface area (Å²) < 4.78 is 62.7. The van der Waals surface area contributed by atoms with Crippen LogP contribution in [0.4, 0.5) is 13.2 Å². The number of sulfone groups is 1. The van der Waals surface area contributed by atoms with Gasteiger partial charge in [0.2, 0.25) is 0 Å². The lowest BCUT2D eigenvalue weighted by atomic mass is 10.2. The molecule has 1 fully saturated rings. The molecule has 0 amide bonds. The lowest BCUT2D eigenvalue weighted by Gasteiger charge is -2.15. The van der Waals surface area contributed by atoms with Crippen molar-refractivity contribution in [3.8, 4) is 0 Å². The van der Waals surface area contributed by atoms with E-state index in [0.717, 1.165) is 31.0 Å². The number of rotatable bonds is 6. The van der Waals surface area contributed by atoms with Crippen molar-refractivity contribution in [3.63, 3.8) is 0 Å². The highest BCUT2D eigenvalue weighted by atomic mass is 32.2. The minimum absolute atomic E-state index is 0.0537. The summed E-state index contributed by atoms with van der Waals surface area (Å²) in [6.45, 7) is 0.0537. The van der Waals surface area contributed by atoms with Gasteiger partial charge in [-0.1, -0.05) is 12.1 Å². The fraction of sp³-hybridized carbons (Fsp3) is 0.538. The second-order valence-electron chi connectivity index (χ2n) is 5.11. The maximum Gasteiger partial charge on any atom is 0.417 e. The third-order valence-electron chi connectivity index (χ3n) is 3.16. The van der Waals surface area contributed by atoms with Crippen molar-refractivity contribution < 1.29 is 26.7 Å². The molecule has 2 rings (SSSR count). The molecule has 0 aliphatic heterocycles. The number of hydrogen-bond acceptors (Lipinski definition) is 4. The van der Waals surface area contributed by atoms with Crippen LogP contribution in [0.2, 0.25) is 0 Å². The number of aliphatic hydroxyl groups excluding tert-OH is 1. The van der Waals surface area contributed by atoms with Crippen molar-refractivity contribution in [2.24, 2.45) is 0 Å². The Balaban J connectivity index is 2.15. The number of benzene rings is 1. The molecule has 0 saturated heterocycles. The van der Waals surface area contributed by atoms with Gasteiger partial charge in [0.1, 0.15) is 0 Å². The van der Waals surface area contributed by atoms with Crippen LogP contribution in [0.25, 0.3) is 0 Å². The average Bonchev–Trinajstić information content (AvgIpc) is 3.19. The molecular weight excluding hydrogens is 307 g/mol. The van der Waals surface area contributed by atoms with E-state index < -0.39 is 38.3 Å². The van der Waals surface area contributed by atoms with Crippen molar-refractivity contribution in [2.75, 3.05) is 12.3 Å². The van der Waals surface area contributed by atoms with E-state index in [-0.39, 0.29) is 12.6 Å². The molecule has 118 valence electrons. The lowest BCUT2D eigenvalue weighted by Crippen LogP contribution is -2.34. The van der Waals surface area contributed by atoms with Crippen molar-refractivity contribution >= 4 is 9.84 Å². The van der Waals surface area contributed by atoms with Crippen LogP contribution < -0.4 is 5.32 Å². The molecule has 1 unspecified atom stereocenters. The number of aliphatic hydroxyl groups is 1. The fourth-order valence-corrected chi connectivity index (χ4v) is 3.57. The van der Waals surface area contributed by atoms with Crippen LogP contribution in [0.15, 0.2) is 29.2 Å². The maximum atomic E-state index is 12.8. The van der Waals surface area contributed by atoms with Crippen molar-refractivity contribution in [1.82, 2.24) is 5.32 Å². The molecule has 0 bridgehead atoms. The molecule has 1 aliphatic carbocycles. The van der Waals surface area contributed by atoms with Crippen LogP contribution in [-0.2, 0) is 16.0 Å². The Bertz CT molecular complexity index is 597. The standard InChI is InChI=1S/C13H16F3NO3S/c14-13(15,16)11-3-1-2-4-12(11)21(19,20)8-10(18)7-17-9-5-6-9/h1-4,9-10,17-18H,5-8H2. The summed E-state index contributed by atoms with van der Waals surface area (Å²) in [5.41, 5.74) is -1.20. The van der Waals surface area contributed by atoms with Crippen LogP contribution in [-0.4, -0.2) is 38.0 Å². The molecule has 0 radical (unpaired) electrons. The van der Waals surface area contributed by atoms with Crippen LogP contribution in [0.5, 0.6) is 0 Å². The summed E-state index contributed by atoms with van der Waals surface area (Å²) in [5, 5.41) is 12.6. The summed E-state index contributed by atoms with van der Waals surface area (Å²) in [4.78, 5) is -0.789. The topological polar surface area (TPSA) is 66.4 Å². The summed E-state index contributed by atoms with van der Waals surface area (Å²) >= 11 is 0. The molecule has 0 heterocycles. The minimum Gasteiger partial charge on any atom is -0.391 e. The van der Waals surface area contributed by atoms with Gasteiger partial charge in [0.15, 0.2) is 9.84 Å². The van der Waals surface area contributed by atoms with E-state index in [9.17, 15) is 26.7 Å². The first-order valence-electron chi connectivity index (χ1n) is 6.50. The molecule has 4 nitrogen and oxygen atoms in total. The number of halogens is 3. The molecule has 1 saturated carbocycles. The molecule has 1 atom stereocenters. The first-order valence-corrected chi connectivity index (χ1v) is 8.16. The summed E-state index contributed by atoms with van der Waals surface area (Å²) in [6, 6.07) is 4.29. The summed E-state index contributed by atoms with van der Waals surface area (Å²) in [6.07, 6.45) is -4.05. The third kappa shape index (κ3) is 4.42. The molecule has 2 N–H and O–H groups in total. The first-order chi connectivity index (χ1) is 9.70. The number of nitrogens with one attached hydrogen (secondary N) is 1. The molecule has 0 spiro atoms. The molecule has 1 aromatic carbocycles. The van der Waals surface area contributed by atoms with Crippen LogP contribution in [0, 0.1) is 0 Å². The number of alkyl halides is 3. The van der Waals surface area contributed by atoms with Crippen LogP contribution in [0.1, 0.15) is 18.4 Å². The van der Waals surface area contributed by atoms with Crippen LogP contribution in [0.3, 0.4) is 0 Å². The Morgan fingerprint density at radius 1 is 1.29 bits per heavy atom. The highest BCUT2D eigenvalue weighted by Gasteiger charge is 2.37. The van der Waals surface area contributed by atoms with Gasteiger partial charge >= 0.3 is 6.18 Å². The van der Waals surface area contributed by atoms with Gasteiger partial charge < -0.3 is 10.4 Å². The predicted octanol–water partition coefficient (Wildman–Crippen LogP) is 1.59. The van der Waals surface area contributed by atoms with Crippen molar-refractivity contribution in [1.29, 1.82) is 0 Å². The highest BCUT2D eigenvalue weighted by molar-refractivity contribution is 7.91. The Labute approximate surface area is 120 Å². The molecule has 0 aromatic heterocycles. The second kappa shape index (κ2) is 5.94. The van der Waals surface area contributed by atoms with Gasteiger partial charge in [-0.2, -0.15) is 13.2 Å². The Morgan fingerprint density at radius 3 is 2.48 bits per heavy atom. The largest absolute Gasteiger partial charge is 0.417 e. The zero-order valence-electron chi connectivity index (χ0n) is 11.1. The van der Waals surface area contributed by atoms with E-state index in [1.165, 1.54) is 6.07 Å². The Morgan fingerprint density at radius 2 is 1.90 bits per heavy atom. The lowest BCUT2D eigenvalue weighted by molar-refractivity contribution is -0.139. The van der Waals surface area contributed by atoms with E-state index >= 15 is 0 Å². The van der Waals surface area contributed by atoms with E-state index in [2.05, 4.69) is 5.32 Å². The maximum absolute atomic E-state index is 12.8. The SMILES string of the molecule is O=S(=O)(CC(O)CNC1CC1)c1ccccc1C(F)(F)F. The van der Waals surface area contributed by atoms with Gasteiger partial charge in [-0.15, -0.1) is 0 Å². The van der Waals surface area contributed by atoms with Gasteiger partial charge in [-0.3, -0.25) is 0 Å². The van der Waals surface area contributed by atoms with Gasteiger partial charge in [0, 0.05) is 12.6 Å². The normalized spacial score (nSPS) is 17.7. The van der Waals surface area contributed by atoms with Gasteiger partial charge in [0.25, 0.3) is 0 Å². The Kier molecular flexibility index (Phi) is 4.60. The van der Waals surface area contributed by atoms with Crippen molar-refractivity contribution in [2.45, 2.75) is 36.1 Å². The number of hydrogen-bond donors (Lipinski definition) is 2. The van der Waals surface area contributed by atoms with E-state index in [0.29, 0.717) is 0 Å². The molecule has 21 heavy (non-hydrogen) atoms. The quantitative estimate of drug-likeness (QED) is 0.834. The van der Waals surface area contributed by atoms with E-state index in [1.807, 2.05) is 0 Å². The minimum atomic E-state index is -4.75. The zero-order chi connectivity index (χ0) is 15.7. The fourth-order valence-electron chi connectivity index (χ4n) is 1.96. The zero-order valence-corrected chi connectivity index (χ0v) is 11.9. The van der Waals surface area contributed by atoms with E-state index in [1.54, 1.807) is 0 Å².